The second kappa shape index (κ2) is 7.31. The van der Waals surface area contributed by atoms with Crippen LogP contribution in [0.4, 0.5) is 5.69 Å². The summed E-state index contributed by atoms with van der Waals surface area (Å²) in [5.74, 6) is 1.24. The fourth-order valence-electron chi connectivity index (χ4n) is 3.03. The molecule has 0 bridgehead atoms. The van der Waals surface area contributed by atoms with E-state index in [1.54, 1.807) is 18.2 Å². The summed E-state index contributed by atoms with van der Waals surface area (Å²) >= 11 is 0. The van der Waals surface area contributed by atoms with Crippen molar-refractivity contribution in [1.82, 2.24) is 0 Å². The molecule has 3 aromatic carbocycles. The summed E-state index contributed by atoms with van der Waals surface area (Å²) in [5, 5.41) is 0. The molecule has 0 aliphatic carbocycles. The van der Waals surface area contributed by atoms with E-state index in [-0.39, 0.29) is 12.7 Å². The zero-order valence-electron chi connectivity index (χ0n) is 14.3. The number of hydrogen-bond acceptors (Lipinski definition) is 3. The van der Waals surface area contributed by atoms with Gasteiger partial charge >= 0.3 is 0 Å². The molecule has 1 aliphatic heterocycles. The van der Waals surface area contributed by atoms with Gasteiger partial charge in [0.25, 0.3) is 5.91 Å². The van der Waals surface area contributed by atoms with Crippen LogP contribution in [0.1, 0.15) is 15.9 Å². The largest absolute Gasteiger partial charge is 0.454 e. The molecule has 0 saturated carbocycles. The van der Waals surface area contributed by atoms with Crippen LogP contribution in [0.3, 0.4) is 0 Å². The average Bonchev–Trinajstić information content (AvgIpc) is 3.17. The molecule has 4 heteroatoms. The van der Waals surface area contributed by atoms with Crippen LogP contribution < -0.4 is 14.4 Å². The van der Waals surface area contributed by atoms with Gasteiger partial charge in [0.05, 0.1) is 0 Å². The summed E-state index contributed by atoms with van der Waals surface area (Å²) in [7, 11) is 0. The molecule has 0 unspecified atom stereocenters. The van der Waals surface area contributed by atoms with E-state index in [1.165, 1.54) is 5.56 Å². The fraction of sp³-hybridized carbons (Fsp3) is 0.136. The van der Waals surface area contributed by atoms with E-state index in [4.69, 9.17) is 9.47 Å². The number of benzene rings is 3. The summed E-state index contributed by atoms with van der Waals surface area (Å²) in [4.78, 5) is 15.0. The molecule has 1 heterocycles. The molecule has 4 rings (SSSR count). The monoisotopic (exact) mass is 345 g/mol. The molecule has 1 aliphatic rings. The van der Waals surface area contributed by atoms with Crippen LogP contribution in [-0.4, -0.2) is 19.2 Å². The highest BCUT2D eigenvalue weighted by molar-refractivity contribution is 6.06. The summed E-state index contributed by atoms with van der Waals surface area (Å²) < 4.78 is 10.7. The fourth-order valence-corrected chi connectivity index (χ4v) is 3.03. The van der Waals surface area contributed by atoms with Gasteiger partial charge in [0.1, 0.15) is 0 Å². The first-order chi connectivity index (χ1) is 12.8. The highest BCUT2D eigenvalue weighted by Crippen LogP contribution is 2.33. The van der Waals surface area contributed by atoms with Crippen LogP contribution >= 0.6 is 0 Å². The van der Waals surface area contributed by atoms with Crippen LogP contribution in [0.2, 0.25) is 0 Å². The number of rotatable bonds is 5. The summed E-state index contributed by atoms with van der Waals surface area (Å²) in [6.45, 7) is 0.796. The normalized spacial score (nSPS) is 12.0. The number of amides is 1. The van der Waals surface area contributed by atoms with Crippen molar-refractivity contribution in [3.8, 4) is 11.5 Å². The topological polar surface area (TPSA) is 38.8 Å². The third-order valence-corrected chi connectivity index (χ3v) is 4.40. The Kier molecular flexibility index (Phi) is 4.56. The molecule has 0 atom stereocenters. The van der Waals surface area contributed by atoms with Gasteiger partial charge in [-0.15, -0.1) is 0 Å². The Balaban J connectivity index is 1.60. The zero-order chi connectivity index (χ0) is 17.8. The number of fused-ring (bicyclic) bond motifs is 1. The number of hydrogen-bond donors (Lipinski definition) is 0. The van der Waals surface area contributed by atoms with E-state index in [0.717, 1.165) is 12.1 Å². The molecule has 0 radical (unpaired) electrons. The van der Waals surface area contributed by atoms with Crippen molar-refractivity contribution in [3.05, 3.63) is 90.0 Å². The second-order valence-electron chi connectivity index (χ2n) is 6.10. The minimum absolute atomic E-state index is 0.0505. The van der Waals surface area contributed by atoms with Crippen LogP contribution in [0.25, 0.3) is 0 Å². The van der Waals surface area contributed by atoms with Crippen molar-refractivity contribution >= 4 is 11.6 Å². The smallest absolute Gasteiger partial charge is 0.258 e. The highest BCUT2D eigenvalue weighted by atomic mass is 16.7. The van der Waals surface area contributed by atoms with E-state index in [9.17, 15) is 4.79 Å². The van der Waals surface area contributed by atoms with Crippen molar-refractivity contribution in [3.63, 3.8) is 0 Å². The van der Waals surface area contributed by atoms with Crippen LogP contribution in [0.15, 0.2) is 78.9 Å². The van der Waals surface area contributed by atoms with Gasteiger partial charge in [-0.3, -0.25) is 4.79 Å². The molecule has 0 fully saturated rings. The number of ether oxygens (including phenoxy) is 2. The highest BCUT2D eigenvalue weighted by Gasteiger charge is 2.21. The average molecular weight is 345 g/mol. The number of anilines is 1. The minimum atomic E-state index is -0.0505. The first-order valence-corrected chi connectivity index (χ1v) is 8.62. The van der Waals surface area contributed by atoms with E-state index >= 15 is 0 Å². The van der Waals surface area contributed by atoms with E-state index in [2.05, 4.69) is 12.1 Å². The lowest BCUT2D eigenvalue weighted by Crippen LogP contribution is -2.32. The van der Waals surface area contributed by atoms with Gasteiger partial charge in [0, 0.05) is 17.8 Å². The predicted octanol–water partition coefficient (Wildman–Crippen LogP) is 4.30. The Morgan fingerprint density at radius 2 is 1.54 bits per heavy atom. The lowest BCUT2D eigenvalue weighted by molar-refractivity contribution is 0.0986. The van der Waals surface area contributed by atoms with Crippen molar-refractivity contribution < 1.29 is 14.3 Å². The van der Waals surface area contributed by atoms with Gasteiger partial charge < -0.3 is 14.4 Å². The second-order valence-corrected chi connectivity index (χ2v) is 6.10. The van der Waals surface area contributed by atoms with Crippen molar-refractivity contribution in [2.75, 3.05) is 18.2 Å². The van der Waals surface area contributed by atoms with Gasteiger partial charge in [0.2, 0.25) is 6.79 Å². The molecule has 0 N–H and O–H groups in total. The molecule has 3 aromatic rings. The maximum Gasteiger partial charge on any atom is 0.258 e. The molecule has 26 heavy (non-hydrogen) atoms. The molecule has 0 aromatic heterocycles. The lowest BCUT2D eigenvalue weighted by Gasteiger charge is -2.23. The molecular formula is C22H19NO3. The predicted molar refractivity (Wildman–Crippen MR) is 101 cm³/mol. The molecule has 130 valence electrons. The van der Waals surface area contributed by atoms with Crippen molar-refractivity contribution in [2.45, 2.75) is 6.42 Å². The molecule has 0 saturated heterocycles. The molecule has 1 amide bonds. The van der Waals surface area contributed by atoms with Gasteiger partial charge in [-0.1, -0.05) is 48.5 Å². The third kappa shape index (κ3) is 3.40. The van der Waals surface area contributed by atoms with Crippen molar-refractivity contribution in [1.29, 1.82) is 0 Å². The summed E-state index contributed by atoms with van der Waals surface area (Å²) in [6.07, 6.45) is 0.784. The van der Waals surface area contributed by atoms with Gasteiger partial charge in [0.15, 0.2) is 11.5 Å². The Morgan fingerprint density at radius 3 is 2.31 bits per heavy atom. The summed E-state index contributed by atoms with van der Waals surface area (Å²) in [6, 6.07) is 25.3. The maximum absolute atomic E-state index is 13.2. The van der Waals surface area contributed by atoms with Gasteiger partial charge in [-0.05, 0) is 42.3 Å². The number of carbonyl (C=O) groups is 1. The van der Waals surface area contributed by atoms with E-state index in [0.29, 0.717) is 23.6 Å². The van der Waals surface area contributed by atoms with Crippen LogP contribution in [-0.2, 0) is 6.42 Å². The van der Waals surface area contributed by atoms with Gasteiger partial charge in [-0.25, -0.2) is 0 Å². The van der Waals surface area contributed by atoms with Gasteiger partial charge in [-0.2, -0.15) is 0 Å². The molecule has 0 spiro atoms. The van der Waals surface area contributed by atoms with E-state index < -0.39 is 0 Å². The quantitative estimate of drug-likeness (QED) is 0.692. The lowest BCUT2D eigenvalue weighted by atomic mass is 10.1. The molecule has 4 nitrogen and oxygen atoms in total. The maximum atomic E-state index is 13.2. The van der Waals surface area contributed by atoms with Crippen molar-refractivity contribution in [2.24, 2.45) is 0 Å². The van der Waals surface area contributed by atoms with Crippen LogP contribution in [0.5, 0.6) is 11.5 Å². The number of nitrogens with zero attached hydrogens (tertiary/aromatic N) is 1. The standard InChI is InChI=1S/C22H19NO3/c24-22(18-11-12-20-21(15-18)26-16-25-20)23(19-9-5-2-6-10-19)14-13-17-7-3-1-4-8-17/h1-12,15H,13-14,16H2. The SMILES string of the molecule is O=C(c1ccc2c(c1)OCO2)N(CCc1ccccc1)c1ccccc1. The number of para-hydroxylation sites is 1. The minimum Gasteiger partial charge on any atom is -0.454 e. The first kappa shape index (κ1) is 16.2. The Hall–Kier alpha value is -3.27. The summed E-state index contributed by atoms with van der Waals surface area (Å²) in [5.41, 5.74) is 2.67. The number of carbonyl (C=O) groups excluding carboxylic acids is 1. The Bertz CT molecular complexity index is 894. The van der Waals surface area contributed by atoms with Crippen LogP contribution in [0, 0.1) is 0 Å². The zero-order valence-corrected chi connectivity index (χ0v) is 14.3. The van der Waals surface area contributed by atoms with E-state index in [1.807, 2.05) is 53.4 Å². The Labute approximate surface area is 152 Å². The third-order valence-electron chi connectivity index (χ3n) is 4.40. The molecular weight excluding hydrogens is 326 g/mol. The Morgan fingerprint density at radius 1 is 0.846 bits per heavy atom. The first-order valence-electron chi connectivity index (χ1n) is 8.62.